The molecular formula is C75H85ClN6O5. The molecule has 0 radical (unpaired) electrons. The highest BCUT2D eigenvalue weighted by molar-refractivity contribution is 6.30. The molecule has 5 aromatic rings. The Morgan fingerprint density at radius 3 is 1.01 bits per heavy atom. The van der Waals surface area contributed by atoms with E-state index >= 15 is 0 Å². The molecule has 0 spiro atoms. The number of urea groups is 1. The SMILES string of the molecule is C=C1C=CN(CCCCc2ccccc2)C(=O)C1.C=C1C=CN(CCCCc2ccccc2)C(=O)N1C.C=C1C=CN(CCCc2ccc(Cl)cc2)C(=O)C1.C=C1C=CN(CCCc2ccccc2)C(=O)C1.C=C1C=CN(Cc2ccccc2)C(=O)C1. The highest BCUT2D eigenvalue weighted by atomic mass is 35.5. The van der Waals surface area contributed by atoms with E-state index in [1.54, 1.807) is 42.6 Å². The summed E-state index contributed by atoms with van der Waals surface area (Å²) in [4.78, 5) is 69.0. The molecule has 87 heavy (non-hydrogen) atoms. The minimum Gasteiger partial charge on any atom is -0.319 e. The molecule has 6 amide bonds. The van der Waals surface area contributed by atoms with Gasteiger partial charge in [-0.05, 0) is 157 Å². The molecule has 0 N–H and O–H groups in total. The molecule has 0 aliphatic carbocycles. The Kier molecular flexibility index (Phi) is 28.3. The average Bonchev–Trinajstić information content (AvgIpc) is 3.70. The number of carbonyl (C=O) groups is 5. The molecule has 5 aromatic carbocycles. The van der Waals surface area contributed by atoms with Crippen LogP contribution >= 0.6 is 11.6 Å². The summed E-state index contributed by atoms with van der Waals surface area (Å²) in [5.41, 5.74) is 10.7. The van der Waals surface area contributed by atoms with Crippen LogP contribution in [0.1, 0.15) is 92.0 Å². The predicted molar refractivity (Wildman–Crippen MR) is 355 cm³/mol. The number of likely N-dealkylation sites (N-methyl/N-ethyl adjacent to an activating group) is 1. The Morgan fingerprint density at radius 1 is 0.345 bits per heavy atom. The standard InChI is InChI=1S/C16H20N2O.C16H19NO.C15H16ClNO.C15H17NO.C13H13NO/c1-14-11-13-18(16(19)17(14)2)12-7-6-10-15-8-4-3-5-9-15;1-14-10-12-17(16(18)13-14)11-6-5-9-15-7-3-2-4-8-15;1-12-8-10-17(15(18)11-12)9-2-3-13-4-6-14(16)7-5-13;1-13-9-11-16(15(17)12-13)10-5-8-14-6-3-2-4-7-14;1-11-7-8-14(13(15)9-11)10-12-5-3-2-4-6-12/h3-5,8-9,11,13H,1,6-7,10,12H2,2H3;2-4,7-8,10,12H,1,5-6,9,11,13H2;4-8,10H,1-3,9,11H2;2-4,6-7,9,11H,1,5,8,10,12H2;2-8H,1,9-10H2. The molecular weight excluding hydrogens is 1100 g/mol. The van der Waals surface area contributed by atoms with Crippen molar-refractivity contribution in [2.24, 2.45) is 0 Å². The molecule has 12 heteroatoms. The van der Waals surface area contributed by atoms with Gasteiger partial charge in [0.2, 0.25) is 23.6 Å². The number of carbonyl (C=O) groups excluding carboxylic acids is 5. The molecule has 0 aromatic heterocycles. The van der Waals surface area contributed by atoms with Gasteiger partial charge in [0.05, 0.1) is 32.2 Å². The van der Waals surface area contributed by atoms with E-state index in [0.717, 1.165) is 129 Å². The first-order valence-corrected chi connectivity index (χ1v) is 30.4. The predicted octanol–water partition coefficient (Wildman–Crippen LogP) is 15.7. The van der Waals surface area contributed by atoms with Gasteiger partial charge < -0.3 is 24.5 Å². The summed E-state index contributed by atoms with van der Waals surface area (Å²) in [5.74, 6) is 0.581. The Labute approximate surface area is 522 Å². The van der Waals surface area contributed by atoms with E-state index in [1.807, 2.05) is 140 Å². The van der Waals surface area contributed by atoms with Gasteiger partial charge >= 0.3 is 6.03 Å². The lowest BCUT2D eigenvalue weighted by Crippen LogP contribution is -2.40. The van der Waals surface area contributed by atoms with Crippen LogP contribution in [0.3, 0.4) is 0 Å². The Bertz CT molecular complexity index is 3260. The summed E-state index contributed by atoms with van der Waals surface area (Å²) in [5, 5.41) is 0.756. The zero-order valence-electron chi connectivity index (χ0n) is 50.7. The van der Waals surface area contributed by atoms with E-state index in [9.17, 15) is 24.0 Å². The Morgan fingerprint density at radius 2 is 0.644 bits per heavy atom. The van der Waals surface area contributed by atoms with Crippen LogP contribution in [0, 0.1) is 0 Å². The number of hydrogen-bond donors (Lipinski definition) is 0. The van der Waals surface area contributed by atoms with E-state index in [1.165, 1.54) is 22.3 Å². The summed E-state index contributed by atoms with van der Waals surface area (Å²) in [6.45, 7) is 22.7. The van der Waals surface area contributed by atoms with Gasteiger partial charge in [0.25, 0.3) is 0 Å². The van der Waals surface area contributed by atoms with Gasteiger partial charge in [-0.1, -0.05) is 178 Å². The van der Waals surface area contributed by atoms with Gasteiger partial charge in [-0.15, -0.1) is 0 Å². The monoisotopic (exact) mass is 1180 g/mol. The van der Waals surface area contributed by atoms with Crippen LogP contribution in [0.4, 0.5) is 4.79 Å². The fourth-order valence-electron chi connectivity index (χ4n) is 9.60. The van der Waals surface area contributed by atoms with Gasteiger partial charge in [-0.25, -0.2) is 4.79 Å². The van der Waals surface area contributed by atoms with Crippen molar-refractivity contribution in [1.82, 2.24) is 29.4 Å². The highest BCUT2D eigenvalue weighted by Gasteiger charge is 2.21. The number of aryl methyl sites for hydroxylation is 4. The van der Waals surface area contributed by atoms with Crippen LogP contribution < -0.4 is 0 Å². The zero-order chi connectivity index (χ0) is 62.2. The second-order valence-electron chi connectivity index (χ2n) is 21.9. The second kappa shape index (κ2) is 36.7. The highest BCUT2D eigenvalue weighted by Crippen LogP contribution is 2.20. The average molecular weight is 1190 g/mol. The maximum Gasteiger partial charge on any atom is 0.328 e. The quantitative estimate of drug-likeness (QED) is 0.0722. The third kappa shape index (κ3) is 24.8. The van der Waals surface area contributed by atoms with Crippen molar-refractivity contribution in [3.63, 3.8) is 0 Å². The van der Waals surface area contributed by atoms with Crippen LogP contribution in [0.2, 0.25) is 5.02 Å². The lowest BCUT2D eigenvalue weighted by Gasteiger charge is -2.29. The Hall–Kier alpha value is -9.06. The molecule has 5 heterocycles. The van der Waals surface area contributed by atoms with Crippen molar-refractivity contribution < 1.29 is 24.0 Å². The minimum absolute atomic E-state index is 0.00668. The van der Waals surface area contributed by atoms with Crippen LogP contribution in [0.15, 0.2) is 268 Å². The third-order valence-electron chi connectivity index (χ3n) is 14.8. The number of unbranched alkanes of at least 4 members (excludes halogenated alkanes) is 2. The summed E-state index contributed by atoms with van der Waals surface area (Å²) in [6, 6.07) is 49.1. The van der Waals surface area contributed by atoms with E-state index in [4.69, 9.17) is 11.6 Å². The molecule has 0 fully saturated rings. The van der Waals surface area contributed by atoms with Crippen LogP contribution in [0.25, 0.3) is 0 Å². The molecule has 0 unspecified atom stereocenters. The van der Waals surface area contributed by atoms with Crippen molar-refractivity contribution in [2.75, 3.05) is 33.2 Å². The van der Waals surface area contributed by atoms with Gasteiger partial charge in [0, 0.05) is 74.9 Å². The third-order valence-corrected chi connectivity index (χ3v) is 15.0. The molecule has 0 saturated heterocycles. The second-order valence-corrected chi connectivity index (χ2v) is 22.4. The number of amides is 6. The van der Waals surface area contributed by atoms with Crippen molar-refractivity contribution in [3.05, 3.63) is 301 Å². The number of nitrogens with zero attached hydrogens (tertiary/aromatic N) is 6. The van der Waals surface area contributed by atoms with E-state index < -0.39 is 0 Å². The topological polar surface area (TPSA) is 105 Å². The van der Waals surface area contributed by atoms with Crippen LogP contribution in [-0.4, -0.2) is 92.3 Å². The summed E-state index contributed by atoms with van der Waals surface area (Å²) in [7, 11) is 1.76. The summed E-state index contributed by atoms with van der Waals surface area (Å²) in [6.07, 6.45) is 30.8. The first kappa shape index (κ1) is 67.1. The van der Waals surface area contributed by atoms with Crippen molar-refractivity contribution >= 4 is 41.3 Å². The molecule has 5 aliphatic heterocycles. The molecule has 5 aliphatic rings. The maximum atomic E-state index is 11.9. The number of hydrogen-bond acceptors (Lipinski definition) is 5. The summed E-state index contributed by atoms with van der Waals surface area (Å²) >= 11 is 5.83. The largest absolute Gasteiger partial charge is 0.328 e. The Balaban J connectivity index is 0.000000174. The first-order chi connectivity index (χ1) is 42.1. The number of halogens is 1. The maximum absolute atomic E-state index is 11.9. The lowest BCUT2D eigenvalue weighted by atomic mass is 10.1. The number of allylic oxidation sites excluding steroid dienone is 5. The minimum atomic E-state index is 0.00668. The zero-order valence-corrected chi connectivity index (χ0v) is 51.5. The fourth-order valence-corrected chi connectivity index (χ4v) is 9.73. The van der Waals surface area contributed by atoms with Gasteiger partial charge in [-0.2, -0.15) is 0 Å². The van der Waals surface area contributed by atoms with Gasteiger partial charge in [0.1, 0.15) is 0 Å². The molecule has 11 nitrogen and oxygen atoms in total. The van der Waals surface area contributed by atoms with Crippen LogP contribution in [0.5, 0.6) is 0 Å². The molecule has 452 valence electrons. The van der Waals surface area contributed by atoms with Crippen molar-refractivity contribution in [3.8, 4) is 0 Å². The van der Waals surface area contributed by atoms with Crippen LogP contribution in [-0.2, 0) is 51.4 Å². The summed E-state index contributed by atoms with van der Waals surface area (Å²) < 4.78 is 0. The number of rotatable bonds is 20. The van der Waals surface area contributed by atoms with E-state index in [0.29, 0.717) is 32.2 Å². The normalized spacial score (nSPS) is 15.4. The van der Waals surface area contributed by atoms with Crippen molar-refractivity contribution in [2.45, 2.75) is 96.4 Å². The number of benzene rings is 5. The lowest BCUT2D eigenvalue weighted by molar-refractivity contribution is -0.129. The smallest absolute Gasteiger partial charge is 0.319 e. The molecule has 0 saturated carbocycles. The van der Waals surface area contributed by atoms with Gasteiger partial charge in [-0.3, -0.25) is 24.1 Å². The first-order valence-electron chi connectivity index (χ1n) is 30.0. The molecule has 0 atom stereocenters. The van der Waals surface area contributed by atoms with E-state index in [2.05, 4.69) is 93.6 Å². The molecule has 10 rings (SSSR count). The van der Waals surface area contributed by atoms with Crippen molar-refractivity contribution in [1.29, 1.82) is 0 Å². The van der Waals surface area contributed by atoms with Gasteiger partial charge in [0.15, 0.2) is 0 Å². The fraction of sp³-hybridized carbons (Fsp3) is 0.267. The van der Waals surface area contributed by atoms with E-state index in [-0.39, 0.29) is 29.7 Å². The molecule has 0 bridgehead atoms.